The van der Waals surface area contributed by atoms with Crippen molar-refractivity contribution in [2.24, 2.45) is 5.73 Å². The number of benzene rings is 1. The van der Waals surface area contributed by atoms with Crippen LogP contribution in [-0.2, 0) is 13.0 Å². The molecule has 0 aliphatic heterocycles. The van der Waals surface area contributed by atoms with Crippen LogP contribution >= 0.6 is 15.9 Å². The monoisotopic (exact) mass is 308 g/mol. The lowest BCUT2D eigenvalue weighted by molar-refractivity contribution is 0.412. The number of aromatic nitrogens is 1. The molecular formula is C14H17BrN2O. The van der Waals surface area contributed by atoms with Crippen LogP contribution < -0.4 is 10.5 Å². The van der Waals surface area contributed by atoms with Gasteiger partial charge < -0.3 is 15.0 Å². The Labute approximate surface area is 116 Å². The first-order valence-electron chi connectivity index (χ1n) is 5.91. The van der Waals surface area contributed by atoms with E-state index in [-0.39, 0.29) is 0 Å². The summed E-state index contributed by atoms with van der Waals surface area (Å²) in [6.45, 7) is 1.53. The standard InChI is InChI=1S/C14H17BrN2O/c1-18-14-5-4-11(9-13(14)15)10-17-8-2-3-12(17)6-7-16/h2-5,8-9H,6-7,10,16H2,1H3. The lowest BCUT2D eigenvalue weighted by Gasteiger charge is -2.10. The maximum absolute atomic E-state index is 5.61. The number of hydrogen-bond acceptors (Lipinski definition) is 2. The average Bonchev–Trinajstić information content (AvgIpc) is 2.78. The zero-order chi connectivity index (χ0) is 13.0. The maximum Gasteiger partial charge on any atom is 0.133 e. The van der Waals surface area contributed by atoms with E-state index in [0.717, 1.165) is 23.2 Å². The van der Waals surface area contributed by atoms with E-state index >= 15 is 0 Å². The number of methoxy groups -OCH3 is 1. The second kappa shape index (κ2) is 6.07. The van der Waals surface area contributed by atoms with Gasteiger partial charge in [0, 0.05) is 18.4 Å². The molecule has 0 fully saturated rings. The molecule has 18 heavy (non-hydrogen) atoms. The molecule has 0 aliphatic rings. The van der Waals surface area contributed by atoms with Gasteiger partial charge in [0.25, 0.3) is 0 Å². The zero-order valence-electron chi connectivity index (χ0n) is 10.4. The summed E-state index contributed by atoms with van der Waals surface area (Å²) >= 11 is 3.51. The largest absolute Gasteiger partial charge is 0.496 e. The van der Waals surface area contributed by atoms with Gasteiger partial charge in [0.1, 0.15) is 5.75 Å². The van der Waals surface area contributed by atoms with Crippen molar-refractivity contribution < 1.29 is 4.74 Å². The normalized spacial score (nSPS) is 10.6. The number of halogens is 1. The predicted octanol–water partition coefficient (Wildman–Crippen LogP) is 2.81. The van der Waals surface area contributed by atoms with Gasteiger partial charge in [-0.3, -0.25) is 0 Å². The summed E-state index contributed by atoms with van der Waals surface area (Å²) in [6.07, 6.45) is 2.99. The summed E-state index contributed by atoms with van der Waals surface area (Å²) in [5, 5.41) is 0. The Balaban J connectivity index is 2.18. The zero-order valence-corrected chi connectivity index (χ0v) is 12.0. The lowest BCUT2D eigenvalue weighted by atomic mass is 10.2. The minimum Gasteiger partial charge on any atom is -0.496 e. The second-order valence-electron chi connectivity index (χ2n) is 4.14. The van der Waals surface area contributed by atoms with Crippen LogP contribution in [0.1, 0.15) is 11.3 Å². The van der Waals surface area contributed by atoms with Crippen molar-refractivity contribution in [2.45, 2.75) is 13.0 Å². The Morgan fingerprint density at radius 1 is 1.33 bits per heavy atom. The minimum atomic E-state index is 0.677. The third-order valence-electron chi connectivity index (χ3n) is 2.89. The first-order chi connectivity index (χ1) is 8.74. The van der Waals surface area contributed by atoms with Gasteiger partial charge >= 0.3 is 0 Å². The number of nitrogens with two attached hydrogens (primary N) is 1. The van der Waals surface area contributed by atoms with Crippen LogP contribution in [0.3, 0.4) is 0 Å². The van der Waals surface area contributed by atoms with Gasteiger partial charge in [0.15, 0.2) is 0 Å². The van der Waals surface area contributed by atoms with Crippen molar-refractivity contribution in [1.82, 2.24) is 4.57 Å². The van der Waals surface area contributed by atoms with E-state index in [1.54, 1.807) is 7.11 Å². The highest BCUT2D eigenvalue weighted by Gasteiger charge is 2.04. The molecule has 4 heteroatoms. The molecule has 0 bridgehead atoms. The van der Waals surface area contributed by atoms with E-state index in [1.165, 1.54) is 11.3 Å². The Hall–Kier alpha value is -1.26. The van der Waals surface area contributed by atoms with E-state index in [2.05, 4.69) is 51.0 Å². The predicted molar refractivity (Wildman–Crippen MR) is 77.0 cm³/mol. The van der Waals surface area contributed by atoms with Crippen LogP contribution in [0, 0.1) is 0 Å². The van der Waals surface area contributed by atoms with E-state index in [9.17, 15) is 0 Å². The summed E-state index contributed by atoms with van der Waals surface area (Å²) in [4.78, 5) is 0. The Kier molecular flexibility index (Phi) is 4.44. The van der Waals surface area contributed by atoms with E-state index in [4.69, 9.17) is 10.5 Å². The van der Waals surface area contributed by atoms with Gasteiger partial charge in [-0.25, -0.2) is 0 Å². The summed E-state index contributed by atoms with van der Waals surface area (Å²) in [5.74, 6) is 0.855. The molecule has 0 spiro atoms. The SMILES string of the molecule is COc1ccc(Cn2cccc2CCN)cc1Br. The number of rotatable bonds is 5. The van der Waals surface area contributed by atoms with E-state index in [1.807, 2.05) is 6.07 Å². The highest BCUT2D eigenvalue weighted by atomic mass is 79.9. The van der Waals surface area contributed by atoms with Gasteiger partial charge in [0.2, 0.25) is 0 Å². The van der Waals surface area contributed by atoms with Crippen molar-refractivity contribution in [1.29, 1.82) is 0 Å². The molecule has 3 nitrogen and oxygen atoms in total. The van der Waals surface area contributed by atoms with Gasteiger partial charge in [-0.2, -0.15) is 0 Å². The third-order valence-corrected chi connectivity index (χ3v) is 3.51. The molecular weight excluding hydrogens is 292 g/mol. The van der Waals surface area contributed by atoms with Gasteiger partial charge in [-0.1, -0.05) is 6.07 Å². The number of nitrogens with zero attached hydrogens (tertiary/aromatic N) is 1. The molecule has 0 radical (unpaired) electrons. The van der Waals surface area contributed by atoms with Crippen molar-refractivity contribution in [3.05, 3.63) is 52.3 Å². The van der Waals surface area contributed by atoms with Crippen LogP contribution in [0.2, 0.25) is 0 Å². The van der Waals surface area contributed by atoms with Crippen LogP contribution in [0.15, 0.2) is 41.0 Å². The quantitative estimate of drug-likeness (QED) is 0.922. The second-order valence-corrected chi connectivity index (χ2v) is 4.99. The molecule has 96 valence electrons. The molecule has 0 aliphatic carbocycles. The topological polar surface area (TPSA) is 40.2 Å². The van der Waals surface area contributed by atoms with Gasteiger partial charge in [-0.05, 0) is 58.7 Å². The first kappa shape index (κ1) is 13.2. The van der Waals surface area contributed by atoms with Gasteiger partial charge in [0.05, 0.1) is 11.6 Å². The van der Waals surface area contributed by atoms with Crippen molar-refractivity contribution in [3.8, 4) is 5.75 Å². The average molecular weight is 309 g/mol. The Morgan fingerprint density at radius 3 is 2.83 bits per heavy atom. The minimum absolute atomic E-state index is 0.677. The molecule has 2 N–H and O–H groups in total. The fourth-order valence-corrected chi connectivity index (χ4v) is 2.57. The molecule has 0 saturated carbocycles. The molecule has 2 aromatic rings. The molecule has 1 aromatic heterocycles. The van der Waals surface area contributed by atoms with Crippen LogP contribution in [-0.4, -0.2) is 18.2 Å². The van der Waals surface area contributed by atoms with Gasteiger partial charge in [-0.15, -0.1) is 0 Å². The lowest BCUT2D eigenvalue weighted by Crippen LogP contribution is -2.09. The van der Waals surface area contributed by atoms with Crippen LogP contribution in [0.5, 0.6) is 5.75 Å². The summed E-state index contributed by atoms with van der Waals surface area (Å²) < 4.78 is 8.43. The molecule has 0 unspecified atom stereocenters. The third kappa shape index (κ3) is 2.94. The molecule has 1 heterocycles. The summed E-state index contributed by atoms with van der Waals surface area (Å²) in [6, 6.07) is 10.3. The maximum atomic E-state index is 5.61. The Morgan fingerprint density at radius 2 is 2.17 bits per heavy atom. The highest BCUT2D eigenvalue weighted by molar-refractivity contribution is 9.10. The van der Waals surface area contributed by atoms with Crippen LogP contribution in [0.25, 0.3) is 0 Å². The van der Waals surface area contributed by atoms with E-state index in [0.29, 0.717) is 6.54 Å². The fraction of sp³-hybridized carbons (Fsp3) is 0.286. The molecule has 0 amide bonds. The Bertz CT molecular complexity index is 522. The van der Waals surface area contributed by atoms with Crippen molar-refractivity contribution in [2.75, 3.05) is 13.7 Å². The molecule has 2 rings (SSSR count). The highest BCUT2D eigenvalue weighted by Crippen LogP contribution is 2.26. The fourth-order valence-electron chi connectivity index (χ4n) is 1.98. The molecule has 0 saturated heterocycles. The summed E-state index contributed by atoms with van der Waals surface area (Å²) in [5.41, 5.74) is 8.11. The van der Waals surface area contributed by atoms with Crippen LogP contribution in [0.4, 0.5) is 0 Å². The first-order valence-corrected chi connectivity index (χ1v) is 6.70. The van der Waals surface area contributed by atoms with Crippen molar-refractivity contribution >= 4 is 15.9 Å². The number of ether oxygens (including phenoxy) is 1. The van der Waals surface area contributed by atoms with Crippen molar-refractivity contribution in [3.63, 3.8) is 0 Å². The molecule has 0 atom stereocenters. The van der Waals surface area contributed by atoms with E-state index < -0.39 is 0 Å². The summed E-state index contributed by atoms with van der Waals surface area (Å²) in [7, 11) is 1.67. The number of hydrogen-bond donors (Lipinski definition) is 1. The molecule has 1 aromatic carbocycles. The smallest absolute Gasteiger partial charge is 0.133 e.